The average molecular weight is 418 g/mol. The molecule has 29 heavy (non-hydrogen) atoms. The average Bonchev–Trinajstić information content (AvgIpc) is 3.13. The van der Waals surface area contributed by atoms with Gasteiger partial charge in [0.25, 0.3) is 11.3 Å². The summed E-state index contributed by atoms with van der Waals surface area (Å²) in [5.41, 5.74) is 1.45. The van der Waals surface area contributed by atoms with Crippen LogP contribution < -0.4 is 10.9 Å². The molecule has 2 aromatic heterocycles. The van der Waals surface area contributed by atoms with Gasteiger partial charge < -0.3 is 10.4 Å². The van der Waals surface area contributed by atoms with Crippen molar-refractivity contribution in [1.29, 1.82) is 0 Å². The molecule has 3 aromatic rings. The lowest BCUT2D eigenvalue weighted by Crippen LogP contribution is -2.46. The largest absolute Gasteiger partial charge is 0.395 e. The molecule has 1 aliphatic rings. The Balaban J connectivity index is 1.43. The van der Waals surface area contributed by atoms with Crippen LogP contribution in [0.5, 0.6) is 0 Å². The van der Waals surface area contributed by atoms with E-state index in [1.54, 1.807) is 6.07 Å². The van der Waals surface area contributed by atoms with Crippen LogP contribution in [0, 0.1) is 0 Å². The second-order valence-electron chi connectivity index (χ2n) is 7.08. The predicted molar refractivity (Wildman–Crippen MR) is 111 cm³/mol. The minimum absolute atomic E-state index is 0.182. The first-order valence-corrected chi connectivity index (χ1v) is 10.0. The van der Waals surface area contributed by atoms with Crippen LogP contribution in [0.1, 0.15) is 11.3 Å². The molecule has 1 saturated heterocycles. The monoisotopic (exact) mass is 417 g/mol. The number of H-pyrrole nitrogens is 1. The van der Waals surface area contributed by atoms with Crippen LogP contribution in [-0.4, -0.2) is 73.8 Å². The summed E-state index contributed by atoms with van der Waals surface area (Å²) in [6.45, 7) is 5.55. The molecule has 3 heterocycles. The second-order valence-corrected chi connectivity index (χ2v) is 7.49. The third-order valence-electron chi connectivity index (χ3n) is 5.05. The number of benzene rings is 1. The van der Waals surface area contributed by atoms with Crippen molar-refractivity contribution in [3.05, 3.63) is 57.0 Å². The highest BCUT2D eigenvalue weighted by atomic mass is 35.5. The van der Waals surface area contributed by atoms with Crippen LogP contribution in [0.4, 0.5) is 5.95 Å². The van der Waals surface area contributed by atoms with Crippen LogP contribution >= 0.6 is 11.6 Å². The van der Waals surface area contributed by atoms with Crippen molar-refractivity contribution in [2.75, 3.05) is 44.6 Å². The number of fused-ring (bicyclic) bond motifs is 1. The maximum Gasteiger partial charge on any atom is 0.274 e. The predicted octanol–water partition coefficient (Wildman–Crippen LogP) is 0.793. The number of rotatable bonds is 7. The van der Waals surface area contributed by atoms with Crippen molar-refractivity contribution in [3.8, 4) is 0 Å². The van der Waals surface area contributed by atoms with E-state index < -0.39 is 0 Å². The molecule has 0 saturated carbocycles. The molecule has 1 fully saturated rings. The Morgan fingerprint density at radius 2 is 1.90 bits per heavy atom. The van der Waals surface area contributed by atoms with E-state index in [1.807, 2.05) is 24.3 Å². The van der Waals surface area contributed by atoms with Crippen LogP contribution in [0.15, 0.2) is 35.1 Å². The lowest BCUT2D eigenvalue weighted by molar-refractivity contribution is 0.107. The molecule has 0 unspecified atom stereocenters. The second kappa shape index (κ2) is 8.91. The van der Waals surface area contributed by atoms with E-state index in [1.165, 1.54) is 4.52 Å². The first-order chi connectivity index (χ1) is 14.1. The number of hydrogen-bond donors (Lipinski definition) is 3. The SMILES string of the molecule is O=c1cc(CN2CCN(CCO)CC2)nc2nc(NCc3ccccc3Cl)[nH]n12. The molecule has 0 aliphatic carbocycles. The fourth-order valence-electron chi connectivity index (χ4n) is 3.45. The Bertz CT molecular complexity index is 1030. The molecule has 0 atom stereocenters. The maximum absolute atomic E-state index is 12.5. The van der Waals surface area contributed by atoms with Gasteiger partial charge in [-0.15, -0.1) is 0 Å². The molecule has 0 bridgehead atoms. The number of nitrogens with zero attached hydrogens (tertiary/aromatic N) is 5. The summed E-state index contributed by atoms with van der Waals surface area (Å²) in [5.74, 6) is 0.803. The van der Waals surface area contributed by atoms with Gasteiger partial charge in [0, 0.05) is 56.9 Å². The molecule has 1 aliphatic heterocycles. The van der Waals surface area contributed by atoms with Gasteiger partial charge in [-0.25, -0.2) is 4.98 Å². The van der Waals surface area contributed by atoms with E-state index in [0.717, 1.165) is 31.7 Å². The number of nitrogens with one attached hydrogen (secondary N) is 2. The summed E-state index contributed by atoms with van der Waals surface area (Å²) in [7, 11) is 0. The first kappa shape index (κ1) is 19.8. The zero-order valence-corrected chi connectivity index (χ0v) is 16.8. The van der Waals surface area contributed by atoms with E-state index >= 15 is 0 Å². The van der Waals surface area contributed by atoms with Gasteiger partial charge in [-0.1, -0.05) is 29.8 Å². The summed E-state index contributed by atoms with van der Waals surface area (Å²) < 4.78 is 1.33. The van der Waals surface area contributed by atoms with E-state index in [0.29, 0.717) is 42.1 Å². The first-order valence-electron chi connectivity index (χ1n) is 9.64. The highest BCUT2D eigenvalue weighted by Gasteiger charge is 2.18. The quantitative estimate of drug-likeness (QED) is 0.522. The number of aliphatic hydroxyl groups is 1. The van der Waals surface area contributed by atoms with Crippen molar-refractivity contribution in [3.63, 3.8) is 0 Å². The van der Waals surface area contributed by atoms with Gasteiger partial charge >= 0.3 is 0 Å². The summed E-state index contributed by atoms with van der Waals surface area (Å²) in [6, 6.07) is 9.11. The Morgan fingerprint density at radius 3 is 2.66 bits per heavy atom. The van der Waals surface area contributed by atoms with E-state index in [9.17, 15) is 4.79 Å². The number of anilines is 1. The molecule has 9 nitrogen and oxygen atoms in total. The minimum Gasteiger partial charge on any atom is -0.395 e. The summed E-state index contributed by atoms with van der Waals surface area (Å²) >= 11 is 6.18. The lowest BCUT2D eigenvalue weighted by atomic mass is 10.2. The van der Waals surface area contributed by atoms with E-state index in [-0.39, 0.29) is 12.2 Å². The third-order valence-corrected chi connectivity index (χ3v) is 5.42. The Hall–Kier alpha value is -2.46. The summed E-state index contributed by atoms with van der Waals surface area (Å²) in [5, 5.41) is 15.8. The molecule has 10 heteroatoms. The number of aromatic nitrogens is 4. The minimum atomic E-state index is -0.192. The van der Waals surface area contributed by atoms with Gasteiger partial charge in [-0.3, -0.25) is 19.7 Å². The van der Waals surface area contributed by atoms with Gasteiger partial charge in [0.1, 0.15) is 0 Å². The number of β-amino-alcohol motifs (C(OH)–C–C–N with tert-alkyl or cyclic N) is 1. The zero-order valence-electron chi connectivity index (χ0n) is 16.0. The molecule has 3 N–H and O–H groups in total. The molecule has 1 aromatic carbocycles. The fraction of sp³-hybridized carbons (Fsp3) is 0.421. The Morgan fingerprint density at radius 1 is 1.14 bits per heavy atom. The number of aliphatic hydroxyl groups excluding tert-OH is 1. The molecule has 154 valence electrons. The zero-order chi connectivity index (χ0) is 20.2. The molecule has 4 rings (SSSR count). The molecule has 0 radical (unpaired) electrons. The summed E-state index contributed by atoms with van der Waals surface area (Å²) in [6.07, 6.45) is 0. The van der Waals surface area contributed by atoms with Crippen LogP contribution in [0.3, 0.4) is 0 Å². The fourth-order valence-corrected chi connectivity index (χ4v) is 3.65. The Kier molecular flexibility index (Phi) is 6.10. The van der Waals surface area contributed by atoms with E-state index in [4.69, 9.17) is 16.7 Å². The molecule has 0 spiro atoms. The van der Waals surface area contributed by atoms with Crippen molar-refractivity contribution in [1.82, 2.24) is 29.4 Å². The molecule has 0 amide bonds. The van der Waals surface area contributed by atoms with Gasteiger partial charge in [0.15, 0.2) is 0 Å². The highest BCUT2D eigenvalue weighted by molar-refractivity contribution is 6.31. The Labute approximate surface area is 172 Å². The van der Waals surface area contributed by atoms with Crippen LogP contribution in [0.25, 0.3) is 5.78 Å². The van der Waals surface area contributed by atoms with Gasteiger partial charge in [0.05, 0.1) is 12.3 Å². The topological polar surface area (TPSA) is 102 Å². The van der Waals surface area contributed by atoms with Crippen molar-refractivity contribution >= 4 is 23.3 Å². The van der Waals surface area contributed by atoms with Crippen molar-refractivity contribution < 1.29 is 5.11 Å². The maximum atomic E-state index is 12.5. The summed E-state index contributed by atoms with van der Waals surface area (Å²) in [4.78, 5) is 25.9. The third kappa shape index (κ3) is 4.76. The number of hydrogen-bond acceptors (Lipinski definition) is 7. The molecular weight excluding hydrogens is 394 g/mol. The van der Waals surface area contributed by atoms with Crippen LogP contribution in [0.2, 0.25) is 5.02 Å². The van der Waals surface area contributed by atoms with Crippen molar-refractivity contribution in [2.24, 2.45) is 0 Å². The normalized spacial score (nSPS) is 15.8. The standard InChI is InChI=1S/C19H24ClN7O2/c20-16-4-2-1-3-14(16)12-21-18-23-19-22-15(11-17(29)27(19)24-18)13-26-7-5-25(6-8-26)9-10-28/h1-4,11,28H,5-10,12-13H2,(H2,21,22,23,24). The van der Waals surface area contributed by atoms with Crippen LogP contribution in [-0.2, 0) is 13.1 Å². The number of aromatic amines is 1. The highest BCUT2D eigenvalue weighted by Crippen LogP contribution is 2.16. The number of piperazine rings is 1. The van der Waals surface area contributed by atoms with E-state index in [2.05, 4.69) is 30.2 Å². The van der Waals surface area contributed by atoms with Crippen molar-refractivity contribution in [2.45, 2.75) is 13.1 Å². The number of halogens is 1. The van der Waals surface area contributed by atoms with Gasteiger partial charge in [-0.05, 0) is 11.6 Å². The smallest absolute Gasteiger partial charge is 0.274 e. The lowest BCUT2D eigenvalue weighted by Gasteiger charge is -2.34. The molecular formula is C19H24ClN7O2. The van der Waals surface area contributed by atoms with Gasteiger partial charge in [-0.2, -0.15) is 9.50 Å². The van der Waals surface area contributed by atoms with Gasteiger partial charge in [0.2, 0.25) is 5.95 Å².